The highest BCUT2D eigenvalue weighted by atomic mass is 127. The van der Waals surface area contributed by atoms with Crippen molar-refractivity contribution >= 4 is 50.1 Å². The maximum atomic E-state index is 13.6. The fourth-order valence-corrected chi connectivity index (χ4v) is 2.28. The Bertz CT molecular complexity index is 603. The Morgan fingerprint density at radius 1 is 1.22 bits per heavy atom. The second-order valence-corrected chi connectivity index (χ2v) is 5.64. The highest BCUT2D eigenvalue weighted by molar-refractivity contribution is 14.1. The Labute approximate surface area is 126 Å². The first-order valence-electron chi connectivity index (χ1n) is 5.09. The van der Waals surface area contributed by atoms with Crippen molar-refractivity contribution in [2.24, 2.45) is 0 Å². The molecule has 1 amide bonds. The molecule has 18 heavy (non-hydrogen) atoms. The third kappa shape index (κ3) is 3.08. The van der Waals surface area contributed by atoms with E-state index in [-0.39, 0.29) is 5.56 Å². The lowest BCUT2D eigenvalue weighted by molar-refractivity contribution is 0.102. The van der Waals surface area contributed by atoms with Crippen molar-refractivity contribution in [2.45, 2.75) is 0 Å². The molecule has 92 valence electrons. The van der Waals surface area contributed by atoms with Gasteiger partial charge in [0.25, 0.3) is 5.91 Å². The van der Waals surface area contributed by atoms with Gasteiger partial charge < -0.3 is 5.32 Å². The van der Waals surface area contributed by atoms with Crippen LogP contribution in [0, 0.1) is 9.39 Å². The van der Waals surface area contributed by atoms with Gasteiger partial charge in [-0.25, -0.2) is 4.39 Å². The van der Waals surface area contributed by atoms with E-state index in [1.165, 1.54) is 12.1 Å². The van der Waals surface area contributed by atoms with Crippen LogP contribution in [-0.2, 0) is 0 Å². The number of benzene rings is 2. The molecule has 2 rings (SSSR count). The highest BCUT2D eigenvalue weighted by Gasteiger charge is 2.12. The second-order valence-electron chi connectivity index (χ2n) is 3.56. The number of hydrogen-bond donors (Lipinski definition) is 1. The van der Waals surface area contributed by atoms with Crippen LogP contribution in [0.1, 0.15) is 10.4 Å². The lowest BCUT2D eigenvalue weighted by atomic mass is 10.2. The highest BCUT2D eigenvalue weighted by Crippen LogP contribution is 2.20. The van der Waals surface area contributed by atoms with Gasteiger partial charge >= 0.3 is 0 Å². The minimum absolute atomic E-state index is 0.0258. The van der Waals surface area contributed by atoms with E-state index in [2.05, 4.69) is 43.8 Å². The standard InChI is InChI=1S/C13H8BrFINO/c14-8-5-6-9(10(15)7-8)13(18)17-12-4-2-1-3-11(12)16/h1-7H,(H,17,18). The van der Waals surface area contributed by atoms with Crippen LogP contribution in [0.3, 0.4) is 0 Å². The quantitative estimate of drug-likeness (QED) is 0.716. The number of anilines is 1. The zero-order valence-electron chi connectivity index (χ0n) is 9.08. The van der Waals surface area contributed by atoms with Crippen molar-refractivity contribution in [1.82, 2.24) is 0 Å². The van der Waals surface area contributed by atoms with Crippen LogP contribution in [0.2, 0.25) is 0 Å². The number of carbonyl (C=O) groups is 1. The van der Waals surface area contributed by atoms with Crippen LogP contribution in [-0.4, -0.2) is 5.91 Å². The average molecular weight is 420 g/mol. The number of halogens is 3. The zero-order chi connectivity index (χ0) is 13.1. The molecule has 2 aromatic carbocycles. The molecule has 0 fully saturated rings. The largest absolute Gasteiger partial charge is 0.321 e. The molecular weight excluding hydrogens is 412 g/mol. The third-order valence-corrected chi connectivity index (χ3v) is 3.73. The van der Waals surface area contributed by atoms with Gasteiger partial charge in [-0.2, -0.15) is 0 Å². The average Bonchev–Trinajstić information content (AvgIpc) is 2.32. The van der Waals surface area contributed by atoms with E-state index in [0.717, 1.165) is 3.57 Å². The van der Waals surface area contributed by atoms with Crippen LogP contribution < -0.4 is 5.32 Å². The predicted octanol–water partition coefficient (Wildman–Crippen LogP) is 4.45. The van der Waals surface area contributed by atoms with Crippen LogP contribution in [0.5, 0.6) is 0 Å². The van der Waals surface area contributed by atoms with Crippen molar-refractivity contribution in [3.8, 4) is 0 Å². The molecule has 2 nitrogen and oxygen atoms in total. The maximum absolute atomic E-state index is 13.6. The van der Waals surface area contributed by atoms with Crippen LogP contribution in [0.15, 0.2) is 46.9 Å². The van der Waals surface area contributed by atoms with Crippen LogP contribution in [0.4, 0.5) is 10.1 Å². The summed E-state index contributed by atoms with van der Waals surface area (Å²) in [6.45, 7) is 0. The monoisotopic (exact) mass is 419 g/mol. The topological polar surface area (TPSA) is 29.1 Å². The van der Waals surface area contributed by atoms with E-state index in [4.69, 9.17) is 0 Å². The summed E-state index contributed by atoms with van der Waals surface area (Å²) in [4.78, 5) is 11.9. The van der Waals surface area contributed by atoms with Gasteiger partial charge in [0.15, 0.2) is 0 Å². The van der Waals surface area contributed by atoms with Crippen molar-refractivity contribution in [3.63, 3.8) is 0 Å². The van der Waals surface area contributed by atoms with E-state index in [1.807, 2.05) is 18.2 Å². The molecule has 2 aromatic rings. The lowest BCUT2D eigenvalue weighted by Gasteiger charge is -2.08. The maximum Gasteiger partial charge on any atom is 0.258 e. The molecule has 0 saturated carbocycles. The Morgan fingerprint density at radius 2 is 1.94 bits per heavy atom. The third-order valence-electron chi connectivity index (χ3n) is 2.30. The normalized spacial score (nSPS) is 10.2. The molecule has 0 radical (unpaired) electrons. The molecule has 0 aliphatic carbocycles. The molecule has 0 saturated heterocycles. The van der Waals surface area contributed by atoms with E-state index in [1.54, 1.807) is 12.1 Å². The van der Waals surface area contributed by atoms with Gasteiger partial charge in [-0.05, 0) is 52.9 Å². The molecular formula is C13H8BrFINO. The Balaban J connectivity index is 2.25. The number of rotatable bonds is 2. The summed E-state index contributed by atoms with van der Waals surface area (Å²) in [6.07, 6.45) is 0. The van der Waals surface area contributed by atoms with E-state index < -0.39 is 11.7 Å². The Kier molecular flexibility index (Phi) is 4.34. The molecule has 1 N–H and O–H groups in total. The molecule has 0 heterocycles. The van der Waals surface area contributed by atoms with Gasteiger partial charge in [0.1, 0.15) is 5.82 Å². The van der Waals surface area contributed by atoms with Crippen molar-refractivity contribution in [3.05, 3.63) is 61.9 Å². The van der Waals surface area contributed by atoms with E-state index in [9.17, 15) is 9.18 Å². The van der Waals surface area contributed by atoms with Gasteiger partial charge in [-0.3, -0.25) is 4.79 Å². The van der Waals surface area contributed by atoms with Crippen molar-refractivity contribution < 1.29 is 9.18 Å². The van der Waals surface area contributed by atoms with E-state index in [0.29, 0.717) is 10.2 Å². The molecule has 0 atom stereocenters. The first-order valence-corrected chi connectivity index (χ1v) is 6.96. The molecule has 0 spiro atoms. The molecule has 5 heteroatoms. The van der Waals surface area contributed by atoms with Gasteiger partial charge in [-0.15, -0.1) is 0 Å². The predicted molar refractivity (Wildman–Crippen MR) is 81.2 cm³/mol. The second kappa shape index (κ2) is 5.79. The van der Waals surface area contributed by atoms with Crippen molar-refractivity contribution in [2.75, 3.05) is 5.32 Å². The Morgan fingerprint density at radius 3 is 2.61 bits per heavy atom. The number of hydrogen-bond acceptors (Lipinski definition) is 1. The molecule has 0 aromatic heterocycles. The fourth-order valence-electron chi connectivity index (χ4n) is 1.43. The van der Waals surface area contributed by atoms with Crippen molar-refractivity contribution in [1.29, 1.82) is 0 Å². The van der Waals surface area contributed by atoms with Crippen LogP contribution in [0.25, 0.3) is 0 Å². The molecule has 0 aliphatic rings. The summed E-state index contributed by atoms with van der Waals surface area (Å²) in [5, 5.41) is 2.69. The van der Waals surface area contributed by atoms with E-state index >= 15 is 0 Å². The lowest BCUT2D eigenvalue weighted by Crippen LogP contribution is -2.14. The first kappa shape index (κ1) is 13.5. The first-order chi connectivity index (χ1) is 8.58. The minimum atomic E-state index is -0.548. The number of para-hydroxylation sites is 1. The molecule has 0 unspecified atom stereocenters. The van der Waals surface area contributed by atoms with Crippen LogP contribution >= 0.6 is 38.5 Å². The summed E-state index contributed by atoms with van der Waals surface area (Å²) in [6, 6.07) is 11.7. The number of nitrogens with one attached hydrogen (secondary N) is 1. The summed E-state index contributed by atoms with van der Waals surface area (Å²) in [7, 11) is 0. The summed E-state index contributed by atoms with van der Waals surface area (Å²) in [5.74, 6) is -1.00. The molecule has 0 aliphatic heterocycles. The summed E-state index contributed by atoms with van der Waals surface area (Å²) in [5.41, 5.74) is 0.697. The van der Waals surface area contributed by atoms with Gasteiger partial charge in [0, 0.05) is 8.04 Å². The number of amides is 1. The summed E-state index contributed by atoms with van der Waals surface area (Å²) < 4.78 is 15.1. The van der Waals surface area contributed by atoms with Gasteiger partial charge in [0.05, 0.1) is 11.3 Å². The smallest absolute Gasteiger partial charge is 0.258 e. The Hall–Kier alpha value is -0.950. The fraction of sp³-hybridized carbons (Fsp3) is 0. The minimum Gasteiger partial charge on any atom is -0.321 e. The summed E-state index contributed by atoms with van der Waals surface area (Å²) >= 11 is 5.26. The zero-order valence-corrected chi connectivity index (χ0v) is 12.8. The SMILES string of the molecule is O=C(Nc1ccccc1I)c1ccc(Br)cc1F. The van der Waals surface area contributed by atoms with Gasteiger partial charge in [0.2, 0.25) is 0 Å². The van der Waals surface area contributed by atoms with Gasteiger partial charge in [-0.1, -0.05) is 28.1 Å². The number of carbonyl (C=O) groups excluding carboxylic acids is 1. The molecule has 0 bridgehead atoms.